The number of halogens is 1. The summed E-state index contributed by atoms with van der Waals surface area (Å²) < 4.78 is 0. The number of rotatable bonds is 1. The number of hydrogen-bond acceptors (Lipinski definition) is 2. The summed E-state index contributed by atoms with van der Waals surface area (Å²) in [5.41, 5.74) is 13.0. The third-order valence-electron chi connectivity index (χ3n) is 3.89. The van der Waals surface area contributed by atoms with Crippen molar-refractivity contribution in [2.45, 2.75) is 43.7 Å². The van der Waals surface area contributed by atoms with Gasteiger partial charge in [0.25, 0.3) is 0 Å². The molecular weight excluding hydrogens is 220 g/mol. The van der Waals surface area contributed by atoms with E-state index in [0.29, 0.717) is 0 Å². The van der Waals surface area contributed by atoms with Gasteiger partial charge in [0.1, 0.15) is 0 Å². The molecular formula is C13H19ClN2. The second-order valence-corrected chi connectivity index (χ2v) is 5.48. The van der Waals surface area contributed by atoms with Crippen molar-refractivity contribution in [1.82, 2.24) is 0 Å². The van der Waals surface area contributed by atoms with Gasteiger partial charge in [0.05, 0.1) is 5.54 Å². The highest BCUT2D eigenvalue weighted by Gasteiger charge is 2.46. The van der Waals surface area contributed by atoms with E-state index >= 15 is 0 Å². The third-order valence-corrected chi connectivity index (χ3v) is 4.22. The Morgan fingerprint density at radius 2 is 1.75 bits per heavy atom. The van der Waals surface area contributed by atoms with E-state index in [1.165, 1.54) is 0 Å². The van der Waals surface area contributed by atoms with Gasteiger partial charge in [-0.3, -0.25) is 0 Å². The first kappa shape index (κ1) is 11.9. The van der Waals surface area contributed by atoms with Crippen molar-refractivity contribution in [3.05, 3.63) is 34.9 Å². The van der Waals surface area contributed by atoms with Crippen LogP contribution in [0.2, 0.25) is 5.02 Å². The van der Waals surface area contributed by atoms with Crippen LogP contribution < -0.4 is 11.5 Å². The maximum Gasteiger partial charge on any atom is 0.0603 e. The molecule has 0 radical (unpaired) electrons. The lowest BCUT2D eigenvalue weighted by Gasteiger charge is -2.48. The molecule has 4 N–H and O–H groups in total. The lowest BCUT2D eigenvalue weighted by molar-refractivity contribution is 0.164. The van der Waals surface area contributed by atoms with Gasteiger partial charge < -0.3 is 11.5 Å². The second-order valence-electron chi connectivity index (χ2n) is 5.08. The fraction of sp³-hybridized carbons (Fsp3) is 0.538. The van der Waals surface area contributed by atoms with E-state index in [-0.39, 0.29) is 5.54 Å². The summed E-state index contributed by atoms with van der Waals surface area (Å²) >= 11 is 6.24. The first-order chi connectivity index (χ1) is 7.47. The summed E-state index contributed by atoms with van der Waals surface area (Å²) in [6, 6.07) is 7.78. The molecule has 0 amide bonds. The quantitative estimate of drug-likeness (QED) is 0.791. The first-order valence-electron chi connectivity index (χ1n) is 5.80. The average Bonchev–Trinajstić information content (AvgIpc) is 2.23. The van der Waals surface area contributed by atoms with Gasteiger partial charge in [0, 0.05) is 10.6 Å². The molecule has 3 heteroatoms. The molecule has 1 aromatic carbocycles. The number of hydrogen-bond donors (Lipinski definition) is 2. The summed E-state index contributed by atoms with van der Waals surface area (Å²) in [6.07, 6.45) is 4.13. The van der Waals surface area contributed by atoms with Crippen molar-refractivity contribution in [2.75, 3.05) is 0 Å². The highest BCUT2D eigenvalue weighted by Crippen LogP contribution is 2.43. The maximum absolute atomic E-state index is 6.55. The van der Waals surface area contributed by atoms with Crippen LogP contribution in [-0.4, -0.2) is 5.54 Å². The molecule has 0 aliphatic heterocycles. The van der Waals surface area contributed by atoms with E-state index < -0.39 is 5.54 Å². The number of benzene rings is 1. The Morgan fingerprint density at radius 1 is 1.12 bits per heavy atom. The van der Waals surface area contributed by atoms with Crippen LogP contribution in [0.15, 0.2) is 24.3 Å². The molecule has 1 aromatic rings. The molecule has 0 heterocycles. The van der Waals surface area contributed by atoms with Crippen LogP contribution in [0.5, 0.6) is 0 Å². The van der Waals surface area contributed by atoms with Crippen LogP contribution in [0.3, 0.4) is 0 Å². The van der Waals surface area contributed by atoms with Gasteiger partial charge in [-0.25, -0.2) is 0 Å². The fourth-order valence-electron chi connectivity index (χ4n) is 2.67. The van der Waals surface area contributed by atoms with Crippen LogP contribution in [0.25, 0.3) is 0 Å². The van der Waals surface area contributed by atoms with Gasteiger partial charge >= 0.3 is 0 Å². The summed E-state index contributed by atoms with van der Waals surface area (Å²) in [7, 11) is 0. The van der Waals surface area contributed by atoms with Gasteiger partial charge in [-0.15, -0.1) is 0 Å². The van der Waals surface area contributed by atoms with Gasteiger partial charge in [0.15, 0.2) is 0 Å². The predicted octanol–water partition coefficient (Wildman–Crippen LogP) is 2.79. The molecule has 0 saturated heterocycles. The van der Waals surface area contributed by atoms with Crippen LogP contribution in [0.4, 0.5) is 0 Å². The molecule has 0 aromatic heterocycles. The molecule has 2 atom stereocenters. The average molecular weight is 239 g/mol. The molecule has 2 nitrogen and oxygen atoms in total. The molecule has 88 valence electrons. The molecule has 1 fully saturated rings. The van der Waals surface area contributed by atoms with Gasteiger partial charge in [-0.05, 0) is 31.4 Å². The second kappa shape index (κ2) is 4.02. The van der Waals surface area contributed by atoms with Gasteiger partial charge in [0.2, 0.25) is 0 Å². The summed E-state index contributed by atoms with van der Waals surface area (Å²) in [6.45, 7) is 2.04. The zero-order chi connectivity index (χ0) is 11.8. The first-order valence-corrected chi connectivity index (χ1v) is 6.18. The minimum absolute atomic E-state index is 0.379. The Bertz CT molecular complexity index is 389. The molecule has 2 rings (SSSR count). The third kappa shape index (κ3) is 1.75. The standard InChI is InChI=1S/C13H19ClN2/c1-12(15)8-4-5-9-13(12,16)10-6-2-3-7-11(10)14/h2-3,6-7H,4-5,8-9,15-16H2,1H3. The highest BCUT2D eigenvalue weighted by molar-refractivity contribution is 6.31. The Balaban J connectivity index is 2.48. The Hall–Kier alpha value is -0.570. The van der Waals surface area contributed by atoms with Crippen LogP contribution >= 0.6 is 11.6 Å². The SMILES string of the molecule is CC1(N)CCCCC1(N)c1ccccc1Cl. The molecule has 1 aliphatic carbocycles. The topological polar surface area (TPSA) is 52.0 Å². The predicted molar refractivity (Wildman–Crippen MR) is 68.4 cm³/mol. The molecule has 16 heavy (non-hydrogen) atoms. The summed E-state index contributed by atoms with van der Waals surface area (Å²) in [5, 5.41) is 0.726. The van der Waals surface area contributed by atoms with Crippen LogP contribution in [-0.2, 0) is 5.54 Å². The minimum atomic E-state index is -0.496. The van der Waals surface area contributed by atoms with E-state index in [1.54, 1.807) is 0 Å². The monoisotopic (exact) mass is 238 g/mol. The smallest absolute Gasteiger partial charge is 0.0603 e. The normalized spacial score (nSPS) is 35.0. The van der Waals surface area contributed by atoms with Gasteiger partial charge in [-0.2, -0.15) is 0 Å². The zero-order valence-corrected chi connectivity index (χ0v) is 10.4. The lowest BCUT2D eigenvalue weighted by Crippen LogP contribution is -2.63. The Morgan fingerprint density at radius 3 is 2.38 bits per heavy atom. The zero-order valence-electron chi connectivity index (χ0n) is 9.67. The van der Waals surface area contributed by atoms with Gasteiger partial charge in [-0.1, -0.05) is 42.6 Å². The summed E-state index contributed by atoms with van der Waals surface area (Å²) in [5.74, 6) is 0. The van der Waals surface area contributed by atoms with Crippen LogP contribution in [0, 0.1) is 0 Å². The van der Waals surface area contributed by atoms with E-state index in [2.05, 4.69) is 0 Å². The largest absolute Gasteiger partial charge is 0.323 e. The molecule has 1 aliphatic rings. The Kier molecular flexibility index (Phi) is 2.99. The molecule has 2 unspecified atom stereocenters. The van der Waals surface area contributed by atoms with Crippen molar-refractivity contribution >= 4 is 11.6 Å². The van der Waals surface area contributed by atoms with Crippen molar-refractivity contribution in [2.24, 2.45) is 11.5 Å². The minimum Gasteiger partial charge on any atom is -0.323 e. The maximum atomic E-state index is 6.55. The van der Waals surface area contributed by atoms with Crippen molar-refractivity contribution < 1.29 is 0 Å². The molecule has 1 saturated carbocycles. The Labute approximate surface area is 102 Å². The van der Waals surface area contributed by atoms with E-state index in [1.807, 2.05) is 31.2 Å². The fourth-order valence-corrected chi connectivity index (χ4v) is 2.97. The highest BCUT2D eigenvalue weighted by atomic mass is 35.5. The lowest BCUT2D eigenvalue weighted by atomic mass is 9.65. The van der Waals surface area contributed by atoms with E-state index in [4.69, 9.17) is 23.1 Å². The summed E-state index contributed by atoms with van der Waals surface area (Å²) in [4.78, 5) is 0. The van der Waals surface area contributed by atoms with E-state index in [9.17, 15) is 0 Å². The van der Waals surface area contributed by atoms with Crippen molar-refractivity contribution in [1.29, 1.82) is 0 Å². The molecule has 0 spiro atoms. The molecule has 0 bridgehead atoms. The van der Waals surface area contributed by atoms with Crippen molar-refractivity contribution in [3.63, 3.8) is 0 Å². The van der Waals surface area contributed by atoms with E-state index in [0.717, 1.165) is 36.3 Å². The van der Waals surface area contributed by atoms with Crippen LogP contribution in [0.1, 0.15) is 38.2 Å². The van der Waals surface area contributed by atoms with Crippen molar-refractivity contribution in [3.8, 4) is 0 Å². The number of nitrogens with two attached hydrogens (primary N) is 2.